The number of nitrogens with zero attached hydrogens (tertiary/aromatic N) is 5. The smallest absolute Gasteiger partial charge is 0.369 e. The zero-order valence-electron chi connectivity index (χ0n) is 20.7. The van der Waals surface area contributed by atoms with Gasteiger partial charge in [-0.3, -0.25) is 9.36 Å². The number of piperazine rings is 1. The summed E-state index contributed by atoms with van der Waals surface area (Å²) in [6.45, 7) is 3.55. The first kappa shape index (κ1) is 25.3. The molecule has 3 heterocycles. The number of aromatic nitrogens is 3. The fraction of sp³-hybridized carbons (Fsp3) is 0.250. The summed E-state index contributed by atoms with van der Waals surface area (Å²) in [4.78, 5) is 26.5. The average Bonchev–Trinajstić information content (AvgIpc) is 2.91. The normalized spacial score (nSPS) is 14.4. The Labute approximate surface area is 217 Å². The van der Waals surface area contributed by atoms with E-state index in [1.807, 2.05) is 24.3 Å². The predicted molar refractivity (Wildman–Crippen MR) is 142 cm³/mol. The maximum Gasteiger partial charge on any atom is 0.416 e. The number of terminal acetylenes is 1. The van der Waals surface area contributed by atoms with Crippen LogP contribution in [0.3, 0.4) is 0 Å². The molecule has 0 bridgehead atoms. The fourth-order valence-corrected chi connectivity index (χ4v) is 4.52. The zero-order chi connectivity index (χ0) is 26.9. The van der Waals surface area contributed by atoms with Gasteiger partial charge in [-0.2, -0.15) is 18.2 Å². The summed E-state index contributed by atoms with van der Waals surface area (Å²) in [5, 5.41) is 3.57. The van der Waals surface area contributed by atoms with Crippen molar-refractivity contribution in [2.75, 3.05) is 43.4 Å². The second-order valence-corrected chi connectivity index (χ2v) is 9.18. The lowest BCUT2D eigenvalue weighted by Crippen LogP contribution is -2.44. The van der Waals surface area contributed by atoms with Crippen LogP contribution in [0.4, 0.5) is 30.5 Å². The van der Waals surface area contributed by atoms with Crippen molar-refractivity contribution in [3.8, 4) is 12.3 Å². The fourth-order valence-electron chi connectivity index (χ4n) is 4.52. The molecule has 38 heavy (non-hydrogen) atoms. The highest BCUT2D eigenvalue weighted by Crippen LogP contribution is 2.32. The van der Waals surface area contributed by atoms with Gasteiger partial charge in [-0.15, -0.1) is 6.42 Å². The number of benzene rings is 2. The van der Waals surface area contributed by atoms with Crippen LogP contribution in [-0.2, 0) is 12.7 Å². The highest BCUT2D eigenvalue weighted by atomic mass is 19.4. The van der Waals surface area contributed by atoms with E-state index in [0.717, 1.165) is 43.6 Å². The van der Waals surface area contributed by atoms with Crippen molar-refractivity contribution in [2.24, 2.45) is 0 Å². The van der Waals surface area contributed by atoms with E-state index in [1.165, 1.54) is 35.0 Å². The Bertz CT molecular complexity index is 1570. The zero-order valence-corrected chi connectivity index (χ0v) is 20.7. The third kappa shape index (κ3) is 5.19. The molecule has 0 saturated carbocycles. The monoisotopic (exact) mass is 518 g/mol. The van der Waals surface area contributed by atoms with Gasteiger partial charge in [-0.05, 0) is 49.0 Å². The molecule has 0 radical (unpaired) electrons. The molecular weight excluding hydrogens is 493 g/mol. The molecule has 5 rings (SSSR count). The third-order valence-electron chi connectivity index (χ3n) is 6.63. The van der Waals surface area contributed by atoms with Crippen molar-refractivity contribution >= 4 is 28.4 Å². The number of pyridine rings is 1. The van der Waals surface area contributed by atoms with Gasteiger partial charge in [0, 0.05) is 49.1 Å². The van der Waals surface area contributed by atoms with E-state index < -0.39 is 17.3 Å². The Kier molecular flexibility index (Phi) is 6.78. The number of alkyl halides is 3. The Morgan fingerprint density at radius 3 is 2.45 bits per heavy atom. The van der Waals surface area contributed by atoms with Gasteiger partial charge in [0.25, 0.3) is 5.56 Å². The number of fused-ring (bicyclic) bond motifs is 1. The molecular formula is C28H25F3N6O. The van der Waals surface area contributed by atoms with E-state index >= 15 is 0 Å². The summed E-state index contributed by atoms with van der Waals surface area (Å²) < 4.78 is 42.0. The van der Waals surface area contributed by atoms with Gasteiger partial charge < -0.3 is 15.1 Å². The molecule has 1 aliphatic heterocycles. The maximum atomic E-state index is 13.6. The molecule has 0 amide bonds. The van der Waals surface area contributed by atoms with Crippen LogP contribution in [0.25, 0.3) is 11.0 Å². The minimum atomic E-state index is -4.57. The molecule has 1 N–H and O–H groups in total. The SMILES string of the molecule is C#Cc1cc2cnc(Nc3ccc(N4CCN(C)CC4)cc3)nc2n(Cc2ccccc2C(F)(F)F)c1=O. The van der Waals surface area contributed by atoms with Crippen molar-refractivity contribution in [3.05, 3.63) is 87.8 Å². The lowest BCUT2D eigenvalue weighted by Gasteiger charge is -2.34. The van der Waals surface area contributed by atoms with E-state index in [1.54, 1.807) is 0 Å². The first-order chi connectivity index (χ1) is 18.2. The number of halogens is 3. The van der Waals surface area contributed by atoms with Gasteiger partial charge in [0.05, 0.1) is 17.7 Å². The minimum absolute atomic E-state index is 0.0193. The van der Waals surface area contributed by atoms with Crippen molar-refractivity contribution in [2.45, 2.75) is 12.7 Å². The van der Waals surface area contributed by atoms with Crippen molar-refractivity contribution in [3.63, 3.8) is 0 Å². The number of hydrogen-bond donors (Lipinski definition) is 1. The van der Waals surface area contributed by atoms with Crippen LogP contribution in [0.1, 0.15) is 16.7 Å². The molecule has 2 aromatic carbocycles. The summed E-state index contributed by atoms with van der Waals surface area (Å²) in [6.07, 6.45) is 2.43. The Hall–Kier alpha value is -4.36. The molecule has 1 aliphatic rings. The van der Waals surface area contributed by atoms with Crippen molar-refractivity contribution in [1.29, 1.82) is 0 Å². The lowest BCUT2D eigenvalue weighted by molar-refractivity contribution is -0.138. The van der Waals surface area contributed by atoms with E-state index in [-0.39, 0.29) is 29.3 Å². The van der Waals surface area contributed by atoms with E-state index in [9.17, 15) is 18.0 Å². The van der Waals surface area contributed by atoms with Gasteiger partial charge in [0.15, 0.2) is 0 Å². The average molecular weight is 519 g/mol. The number of anilines is 3. The van der Waals surface area contributed by atoms with Crippen molar-refractivity contribution in [1.82, 2.24) is 19.4 Å². The highest BCUT2D eigenvalue weighted by molar-refractivity contribution is 5.77. The van der Waals surface area contributed by atoms with Crippen LogP contribution in [0, 0.1) is 12.3 Å². The predicted octanol–water partition coefficient (Wildman–Crippen LogP) is 4.34. The highest BCUT2D eigenvalue weighted by Gasteiger charge is 2.33. The molecule has 0 spiro atoms. The van der Waals surface area contributed by atoms with Gasteiger partial charge in [0.1, 0.15) is 5.65 Å². The topological polar surface area (TPSA) is 66.3 Å². The number of rotatable bonds is 5. The quantitative estimate of drug-likeness (QED) is 0.397. The molecule has 194 valence electrons. The standard InChI is InChI=1S/C28H25F3N6O/c1-3-19-16-21-17-32-27(33-22-8-10-23(11-9-22)36-14-12-35(2)13-15-36)34-25(21)37(26(19)38)18-20-6-4-5-7-24(20)28(29,30)31/h1,4-11,16-17H,12-15,18H2,2H3,(H,32,33,34). The van der Waals surface area contributed by atoms with E-state index in [4.69, 9.17) is 6.42 Å². The van der Waals surface area contributed by atoms with Crippen molar-refractivity contribution < 1.29 is 13.2 Å². The Balaban J connectivity index is 1.48. The number of likely N-dealkylation sites (N-methyl/N-ethyl adjacent to an activating group) is 1. The summed E-state index contributed by atoms with van der Waals surface area (Å²) >= 11 is 0. The number of hydrogen-bond acceptors (Lipinski definition) is 6. The Morgan fingerprint density at radius 2 is 1.76 bits per heavy atom. The molecule has 1 fully saturated rings. The van der Waals surface area contributed by atoms with Crippen LogP contribution in [0.5, 0.6) is 0 Å². The van der Waals surface area contributed by atoms with Crippen LogP contribution in [0.2, 0.25) is 0 Å². The minimum Gasteiger partial charge on any atom is -0.369 e. The molecule has 7 nitrogen and oxygen atoms in total. The Morgan fingerprint density at radius 1 is 1.05 bits per heavy atom. The lowest BCUT2D eigenvalue weighted by atomic mass is 10.1. The summed E-state index contributed by atoms with van der Waals surface area (Å²) in [5.74, 6) is 2.52. The summed E-state index contributed by atoms with van der Waals surface area (Å²) in [5.41, 5.74) is 0.562. The maximum absolute atomic E-state index is 13.6. The van der Waals surface area contributed by atoms with Crippen LogP contribution >= 0.6 is 0 Å². The molecule has 10 heteroatoms. The van der Waals surface area contributed by atoms with Gasteiger partial charge in [0.2, 0.25) is 5.95 Å². The third-order valence-corrected chi connectivity index (χ3v) is 6.63. The first-order valence-corrected chi connectivity index (χ1v) is 12.1. The second-order valence-electron chi connectivity index (χ2n) is 9.18. The number of nitrogens with one attached hydrogen (secondary N) is 1. The van der Waals surface area contributed by atoms with Gasteiger partial charge in [-0.25, -0.2) is 4.98 Å². The molecule has 4 aromatic rings. The largest absolute Gasteiger partial charge is 0.416 e. The summed E-state index contributed by atoms with van der Waals surface area (Å²) in [6, 6.07) is 14.5. The van der Waals surface area contributed by atoms with Gasteiger partial charge >= 0.3 is 6.18 Å². The molecule has 1 saturated heterocycles. The van der Waals surface area contributed by atoms with Crippen LogP contribution in [0.15, 0.2) is 65.6 Å². The van der Waals surface area contributed by atoms with Gasteiger partial charge in [-0.1, -0.05) is 24.1 Å². The molecule has 0 aliphatic carbocycles. The second kappa shape index (κ2) is 10.2. The van der Waals surface area contributed by atoms with E-state index in [0.29, 0.717) is 5.39 Å². The first-order valence-electron chi connectivity index (χ1n) is 12.1. The molecule has 0 atom stereocenters. The summed E-state index contributed by atoms with van der Waals surface area (Å²) in [7, 11) is 2.11. The van der Waals surface area contributed by atoms with E-state index in [2.05, 4.69) is 38.1 Å². The van der Waals surface area contributed by atoms with Crippen LogP contribution in [-0.4, -0.2) is 52.7 Å². The van der Waals surface area contributed by atoms with Crippen LogP contribution < -0.4 is 15.8 Å². The molecule has 2 aromatic heterocycles. The molecule has 0 unspecified atom stereocenters.